The highest BCUT2D eigenvalue weighted by atomic mass is 16.6. The topological polar surface area (TPSA) is 55.8 Å². The van der Waals surface area contributed by atoms with Crippen LogP contribution in [0.3, 0.4) is 0 Å². The Labute approximate surface area is 169 Å². The van der Waals surface area contributed by atoms with Crippen molar-refractivity contribution in [2.45, 2.75) is 77.2 Å². The zero-order valence-electron chi connectivity index (χ0n) is 17.5. The molecule has 0 radical (unpaired) electrons. The molecule has 3 rings (SSSR count). The molecule has 156 valence electrons. The van der Waals surface area contributed by atoms with Crippen molar-refractivity contribution in [3.63, 3.8) is 0 Å². The number of unbranched alkanes of at least 4 members (excludes halogenated alkanes) is 2. The molecule has 4 nitrogen and oxygen atoms in total. The van der Waals surface area contributed by atoms with Crippen molar-refractivity contribution in [3.8, 4) is 5.75 Å². The van der Waals surface area contributed by atoms with Crippen LogP contribution in [0.2, 0.25) is 0 Å². The van der Waals surface area contributed by atoms with E-state index in [1.165, 1.54) is 43.9 Å². The molecule has 1 aromatic rings. The molecule has 0 aromatic heterocycles. The second kappa shape index (κ2) is 10.3. The highest BCUT2D eigenvalue weighted by molar-refractivity contribution is 5.71. The Bertz CT molecular complexity index is 641. The Kier molecular flexibility index (Phi) is 7.78. The van der Waals surface area contributed by atoms with Gasteiger partial charge in [0.2, 0.25) is 0 Å². The number of ether oxygens (including phenoxy) is 2. The Morgan fingerprint density at radius 1 is 1.21 bits per heavy atom. The maximum absolute atomic E-state index is 11.4. The fourth-order valence-electron chi connectivity index (χ4n) is 5.25. The number of rotatable bonds is 10. The summed E-state index contributed by atoms with van der Waals surface area (Å²) in [6.45, 7) is 2.18. The summed E-state index contributed by atoms with van der Waals surface area (Å²) in [5.41, 5.74) is 2.66. The first kappa shape index (κ1) is 21.2. The number of hydrogen-bond acceptors (Lipinski definition) is 4. The molecule has 0 spiro atoms. The lowest BCUT2D eigenvalue weighted by Crippen LogP contribution is -2.26. The highest BCUT2D eigenvalue weighted by Gasteiger charge is 2.39. The largest absolute Gasteiger partial charge is 0.482 e. The SMILES string of the molecule is CCCCCC(O)CCC1CCC2Cc3c(cccc3OCC(=O)OC)CC12. The second-order valence-electron chi connectivity index (χ2n) is 8.66. The van der Waals surface area contributed by atoms with Gasteiger partial charge in [-0.05, 0) is 79.9 Å². The summed E-state index contributed by atoms with van der Waals surface area (Å²) in [7, 11) is 1.39. The lowest BCUT2D eigenvalue weighted by molar-refractivity contribution is -0.142. The van der Waals surface area contributed by atoms with Gasteiger partial charge in [-0.25, -0.2) is 4.79 Å². The van der Waals surface area contributed by atoms with Crippen LogP contribution in [-0.4, -0.2) is 30.9 Å². The van der Waals surface area contributed by atoms with Crippen molar-refractivity contribution in [1.29, 1.82) is 0 Å². The molecule has 0 aliphatic heterocycles. The van der Waals surface area contributed by atoms with E-state index >= 15 is 0 Å². The van der Waals surface area contributed by atoms with Crippen molar-refractivity contribution in [2.75, 3.05) is 13.7 Å². The van der Waals surface area contributed by atoms with Crippen LogP contribution in [0.1, 0.15) is 69.4 Å². The first-order valence-electron chi connectivity index (χ1n) is 11.1. The van der Waals surface area contributed by atoms with Gasteiger partial charge in [-0.1, -0.05) is 38.3 Å². The van der Waals surface area contributed by atoms with E-state index in [9.17, 15) is 9.90 Å². The molecule has 1 N–H and O–H groups in total. The summed E-state index contributed by atoms with van der Waals surface area (Å²) < 4.78 is 10.4. The lowest BCUT2D eigenvalue weighted by atomic mass is 9.73. The number of methoxy groups -OCH3 is 1. The van der Waals surface area contributed by atoms with Crippen LogP contribution >= 0.6 is 0 Å². The van der Waals surface area contributed by atoms with E-state index in [1.54, 1.807) is 0 Å². The van der Waals surface area contributed by atoms with E-state index in [0.717, 1.165) is 56.1 Å². The van der Waals surface area contributed by atoms with Crippen LogP contribution in [0.25, 0.3) is 0 Å². The predicted octanol–water partition coefficient (Wildman–Crippen LogP) is 4.70. The molecule has 4 atom stereocenters. The third-order valence-corrected chi connectivity index (χ3v) is 6.86. The smallest absolute Gasteiger partial charge is 0.343 e. The van der Waals surface area contributed by atoms with Gasteiger partial charge in [-0.3, -0.25) is 0 Å². The molecule has 0 amide bonds. The van der Waals surface area contributed by atoms with E-state index in [2.05, 4.69) is 13.0 Å². The zero-order chi connectivity index (χ0) is 19.9. The molecule has 2 aliphatic carbocycles. The van der Waals surface area contributed by atoms with Gasteiger partial charge < -0.3 is 14.6 Å². The Balaban J connectivity index is 1.57. The van der Waals surface area contributed by atoms with Crippen molar-refractivity contribution < 1.29 is 19.4 Å². The minimum atomic E-state index is -0.343. The number of carbonyl (C=O) groups excluding carboxylic acids is 1. The minimum absolute atomic E-state index is 0.0282. The van der Waals surface area contributed by atoms with Crippen molar-refractivity contribution in [1.82, 2.24) is 0 Å². The van der Waals surface area contributed by atoms with Crippen LogP contribution in [-0.2, 0) is 22.4 Å². The first-order valence-corrected chi connectivity index (χ1v) is 11.1. The maximum atomic E-state index is 11.4. The normalized spacial score (nSPS) is 24.3. The van der Waals surface area contributed by atoms with Gasteiger partial charge in [-0.2, -0.15) is 0 Å². The molecular formula is C24H36O4. The number of hydrogen-bond donors (Lipinski definition) is 1. The number of benzene rings is 1. The quantitative estimate of drug-likeness (QED) is 0.466. The molecule has 28 heavy (non-hydrogen) atoms. The third-order valence-electron chi connectivity index (χ3n) is 6.86. The van der Waals surface area contributed by atoms with E-state index in [-0.39, 0.29) is 18.7 Å². The highest BCUT2D eigenvalue weighted by Crippen LogP contribution is 2.48. The van der Waals surface area contributed by atoms with E-state index < -0.39 is 0 Å². The first-order chi connectivity index (χ1) is 13.6. The summed E-state index contributed by atoms with van der Waals surface area (Å²) in [6, 6.07) is 6.22. The number of esters is 1. The third kappa shape index (κ3) is 5.28. The van der Waals surface area contributed by atoms with Crippen molar-refractivity contribution in [3.05, 3.63) is 29.3 Å². The standard InChI is InChI=1S/C24H36O4/c1-3-4-5-8-20(25)13-12-17-10-11-19-15-22-18(14-21(17)19)7-6-9-23(22)28-16-24(26)27-2/h6-7,9,17,19-21,25H,3-5,8,10-16H2,1-2H3. The van der Waals surface area contributed by atoms with Crippen LogP contribution in [0.4, 0.5) is 0 Å². The average molecular weight is 389 g/mol. The fourth-order valence-corrected chi connectivity index (χ4v) is 5.25. The summed E-state index contributed by atoms with van der Waals surface area (Å²) in [4.78, 5) is 11.4. The maximum Gasteiger partial charge on any atom is 0.343 e. The monoisotopic (exact) mass is 388 g/mol. The van der Waals surface area contributed by atoms with E-state index in [0.29, 0.717) is 5.92 Å². The van der Waals surface area contributed by atoms with Crippen molar-refractivity contribution in [2.24, 2.45) is 17.8 Å². The van der Waals surface area contributed by atoms with Gasteiger partial charge in [0.15, 0.2) is 6.61 Å². The number of fused-ring (bicyclic) bond motifs is 2. The van der Waals surface area contributed by atoms with Gasteiger partial charge >= 0.3 is 5.97 Å². The second-order valence-corrected chi connectivity index (χ2v) is 8.66. The van der Waals surface area contributed by atoms with Crippen LogP contribution in [0.5, 0.6) is 5.75 Å². The average Bonchev–Trinajstić information content (AvgIpc) is 3.10. The lowest BCUT2D eigenvalue weighted by Gasteiger charge is -2.32. The summed E-state index contributed by atoms with van der Waals surface area (Å²) in [5.74, 6) is 2.67. The van der Waals surface area contributed by atoms with Gasteiger partial charge in [-0.15, -0.1) is 0 Å². The molecule has 1 aromatic carbocycles. The molecule has 2 aliphatic rings. The van der Waals surface area contributed by atoms with Gasteiger partial charge in [0.1, 0.15) is 5.75 Å². The number of aliphatic hydroxyl groups excluding tert-OH is 1. The van der Waals surface area contributed by atoms with Crippen LogP contribution < -0.4 is 4.74 Å². The molecular weight excluding hydrogens is 352 g/mol. The molecule has 0 heterocycles. The Morgan fingerprint density at radius 3 is 2.86 bits per heavy atom. The molecule has 1 fully saturated rings. The van der Waals surface area contributed by atoms with Gasteiger partial charge in [0.25, 0.3) is 0 Å². The molecule has 4 unspecified atom stereocenters. The van der Waals surface area contributed by atoms with Crippen LogP contribution in [0, 0.1) is 17.8 Å². The van der Waals surface area contributed by atoms with E-state index in [1.807, 2.05) is 12.1 Å². The van der Waals surface area contributed by atoms with Crippen molar-refractivity contribution >= 4 is 5.97 Å². The fraction of sp³-hybridized carbons (Fsp3) is 0.708. The summed E-state index contributed by atoms with van der Waals surface area (Å²) in [5, 5.41) is 10.3. The summed E-state index contributed by atoms with van der Waals surface area (Å²) >= 11 is 0. The number of aliphatic hydroxyl groups is 1. The molecule has 1 saturated carbocycles. The van der Waals surface area contributed by atoms with Gasteiger partial charge in [0.05, 0.1) is 13.2 Å². The van der Waals surface area contributed by atoms with Crippen LogP contribution in [0.15, 0.2) is 18.2 Å². The Hall–Kier alpha value is -1.55. The molecule has 0 saturated heterocycles. The molecule has 0 bridgehead atoms. The predicted molar refractivity (Wildman–Crippen MR) is 110 cm³/mol. The molecule has 4 heteroatoms. The number of carbonyl (C=O) groups is 1. The van der Waals surface area contributed by atoms with Gasteiger partial charge in [0, 0.05) is 0 Å². The Morgan fingerprint density at radius 2 is 2.07 bits per heavy atom. The zero-order valence-corrected chi connectivity index (χ0v) is 17.5. The van der Waals surface area contributed by atoms with E-state index in [4.69, 9.17) is 9.47 Å². The summed E-state index contributed by atoms with van der Waals surface area (Å²) in [6.07, 6.45) is 11.2. The minimum Gasteiger partial charge on any atom is -0.482 e.